The molecule has 21 heavy (non-hydrogen) atoms. The molecule has 2 heterocycles. The number of rotatable bonds is 6. The second-order valence-electron chi connectivity index (χ2n) is 5.91. The zero-order valence-electron chi connectivity index (χ0n) is 13.4. The van der Waals surface area contributed by atoms with E-state index in [2.05, 4.69) is 36.0 Å². The van der Waals surface area contributed by atoms with Crippen molar-refractivity contribution in [3.8, 4) is 0 Å². The average molecular weight is 292 g/mol. The molecule has 1 aromatic heterocycles. The predicted molar refractivity (Wildman–Crippen MR) is 86.1 cm³/mol. The van der Waals surface area contributed by atoms with Gasteiger partial charge < -0.3 is 15.8 Å². The lowest BCUT2D eigenvalue weighted by molar-refractivity contribution is -0.0559. The van der Waals surface area contributed by atoms with Crippen LogP contribution in [0.15, 0.2) is 18.3 Å². The fourth-order valence-electron chi connectivity index (χ4n) is 2.80. The number of hydrogen-bond donors (Lipinski definition) is 2. The number of pyridine rings is 1. The molecule has 2 rings (SSSR count). The number of morpholine rings is 1. The molecule has 1 aromatic rings. The van der Waals surface area contributed by atoms with Gasteiger partial charge in [-0.25, -0.2) is 4.98 Å². The molecule has 1 aliphatic heterocycles. The van der Waals surface area contributed by atoms with E-state index in [1.165, 1.54) is 0 Å². The van der Waals surface area contributed by atoms with Gasteiger partial charge in [0.05, 0.1) is 18.8 Å². The quantitative estimate of drug-likeness (QED) is 0.837. The highest BCUT2D eigenvalue weighted by Gasteiger charge is 2.31. The van der Waals surface area contributed by atoms with Crippen LogP contribution in [0.3, 0.4) is 0 Å². The predicted octanol–water partition coefficient (Wildman–Crippen LogP) is 1.81. The second-order valence-corrected chi connectivity index (χ2v) is 5.91. The second kappa shape index (κ2) is 7.73. The lowest BCUT2D eigenvalue weighted by Gasteiger charge is -2.39. The van der Waals surface area contributed by atoms with Crippen LogP contribution in [0, 0.1) is 0 Å². The number of nitrogen functional groups attached to an aromatic ring is 1. The maximum Gasteiger partial charge on any atom is 0.128 e. The van der Waals surface area contributed by atoms with Crippen molar-refractivity contribution in [1.29, 1.82) is 0 Å². The van der Waals surface area contributed by atoms with Crippen LogP contribution in [0.2, 0.25) is 0 Å². The van der Waals surface area contributed by atoms with E-state index in [-0.39, 0.29) is 12.1 Å². The molecule has 0 bridgehead atoms. The van der Waals surface area contributed by atoms with E-state index in [0.29, 0.717) is 11.9 Å². The van der Waals surface area contributed by atoms with Crippen molar-refractivity contribution in [2.24, 2.45) is 0 Å². The summed E-state index contributed by atoms with van der Waals surface area (Å²) in [6.07, 6.45) is 2.92. The van der Waals surface area contributed by atoms with E-state index < -0.39 is 0 Å². The smallest absolute Gasteiger partial charge is 0.128 e. The molecule has 0 spiro atoms. The zero-order chi connectivity index (χ0) is 15.2. The minimum absolute atomic E-state index is 0.0974. The summed E-state index contributed by atoms with van der Waals surface area (Å²) in [5.41, 5.74) is 7.12. The summed E-state index contributed by atoms with van der Waals surface area (Å²) in [6, 6.07) is 4.62. The Kier molecular flexibility index (Phi) is 5.96. The van der Waals surface area contributed by atoms with Gasteiger partial charge in [0.2, 0.25) is 0 Å². The van der Waals surface area contributed by atoms with Gasteiger partial charge in [-0.2, -0.15) is 0 Å². The zero-order valence-corrected chi connectivity index (χ0v) is 13.4. The summed E-state index contributed by atoms with van der Waals surface area (Å²) >= 11 is 0. The Labute approximate surface area is 127 Å². The number of hydrogen-bond acceptors (Lipinski definition) is 5. The van der Waals surface area contributed by atoms with Gasteiger partial charge in [0.15, 0.2) is 0 Å². The molecule has 0 amide bonds. The first-order valence-corrected chi connectivity index (χ1v) is 7.93. The molecule has 1 aliphatic rings. The van der Waals surface area contributed by atoms with Gasteiger partial charge in [0, 0.05) is 30.9 Å². The van der Waals surface area contributed by atoms with Crippen molar-refractivity contribution in [3.63, 3.8) is 0 Å². The van der Waals surface area contributed by atoms with Crippen molar-refractivity contribution in [3.05, 3.63) is 23.9 Å². The van der Waals surface area contributed by atoms with Crippen LogP contribution < -0.4 is 11.1 Å². The van der Waals surface area contributed by atoms with Crippen molar-refractivity contribution in [2.45, 2.75) is 45.4 Å². The van der Waals surface area contributed by atoms with Crippen LogP contribution in [-0.2, 0) is 4.74 Å². The third-order valence-corrected chi connectivity index (χ3v) is 4.05. The highest BCUT2D eigenvalue weighted by atomic mass is 16.5. The van der Waals surface area contributed by atoms with E-state index in [4.69, 9.17) is 10.5 Å². The molecule has 1 fully saturated rings. The van der Waals surface area contributed by atoms with Gasteiger partial charge >= 0.3 is 0 Å². The molecule has 5 heteroatoms. The largest absolute Gasteiger partial charge is 0.383 e. The molecular formula is C16H28N4O. The first-order chi connectivity index (χ1) is 10.1. The lowest BCUT2D eigenvalue weighted by atomic mass is 9.99. The van der Waals surface area contributed by atoms with Crippen molar-refractivity contribution < 1.29 is 4.74 Å². The van der Waals surface area contributed by atoms with Gasteiger partial charge in [0.1, 0.15) is 5.82 Å². The standard InChI is InChI=1S/C16H28N4O/c1-4-7-18-15(13-6-5-8-19-16(13)17)14-11-20(12(2)3)9-10-21-14/h5-6,8,12,14-15,18H,4,7,9-11H2,1-3H3,(H2,17,19). The molecule has 3 N–H and O–H groups in total. The fourth-order valence-corrected chi connectivity index (χ4v) is 2.80. The number of ether oxygens (including phenoxy) is 1. The SMILES string of the molecule is CCCNC(c1cccnc1N)C1CN(C(C)C)CCO1. The van der Waals surface area contributed by atoms with E-state index in [1.54, 1.807) is 6.20 Å². The summed E-state index contributed by atoms with van der Waals surface area (Å²) in [5, 5.41) is 3.58. The number of nitrogens with zero attached hydrogens (tertiary/aromatic N) is 2. The van der Waals surface area contributed by atoms with Crippen molar-refractivity contribution >= 4 is 5.82 Å². The monoisotopic (exact) mass is 292 g/mol. The Balaban J connectivity index is 2.17. The summed E-state index contributed by atoms with van der Waals surface area (Å²) in [6.45, 7) is 10.3. The lowest BCUT2D eigenvalue weighted by Crippen LogP contribution is -2.50. The van der Waals surface area contributed by atoms with Crippen LogP contribution in [0.1, 0.15) is 38.8 Å². The van der Waals surface area contributed by atoms with Gasteiger partial charge in [-0.15, -0.1) is 0 Å². The summed E-state index contributed by atoms with van der Waals surface area (Å²) in [4.78, 5) is 6.69. The maximum atomic E-state index is 6.07. The van der Waals surface area contributed by atoms with E-state index in [0.717, 1.165) is 38.2 Å². The van der Waals surface area contributed by atoms with Crippen molar-refractivity contribution in [1.82, 2.24) is 15.2 Å². The van der Waals surface area contributed by atoms with Gasteiger partial charge in [-0.05, 0) is 32.9 Å². The number of nitrogens with two attached hydrogens (primary N) is 1. The molecule has 0 radical (unpaired) electrons. The third kappa shape index (κ3) is 4.15. The van der Waals surface area contributed by atoms with Gasteiger partial charge in [-0.1, -0.05) is 13.0 Å². The van der Waals surface area contributed by atoms with Crippen LogP contribution >= 0.6 is 0 Å². The molecule has 2 atom stereocenters. The van der Waals surface area contributed by atoms with E-state index in [9.17, 15) is 0 Å². The summed E-state index contributed by atoms with van der Waals surface area (Å²) in [7, 11) is 0. The van der Waals surface area contributed by atoms with Crippen LogP contribution in [0.5, 0.6) is 0 Å². The highest BCUT2D eigenvalue weighted by Crippen LogP contribution is 2.26. The Morgan fingerprint density at radius 2 is 2.33 bits per heavy atom. The number of nitrogens with one attached hydrogen (secondary N) is 1. The van der Waals surface area contributed by atoms with Gasteiger partial charge in [-0.3, -0.25) is 4.90 Å². The Hall–Kier alpha value is -1.17. The fraction of sp³-hybridized carbons (Fsp3) is 0.688. The molecule has 1 saturated heterocycles. The minimum atomic E-state index is 0.0974. The topological polar surface area (TPSA) is 63.4 Å². The molecule has 2 unspecified atom stereocenters. The van der Waals surface area contributed by atoms with Crippen LogP contribution in [0.25, 0.3) is 0 Å². The maximum absolute atomic E-state index is 6.07. The number of aromatic nitrogens is 1. The van der Waals surface area contributed by atoms with Crippen molar-refractivity contribution in [2.75, 3.05) is 32.0 Å². The molecule has 0 saturated carbocycles. The first kappa shape index (κ1) is 16.2. The Morgan fingerprint density at radius 1 is 1.52 bits per heavy atom. The average Bonchev–Trinajstić information content (AvgIpc) is 2.49. The molecule has 0 aromatic carbocycles. The van der Waals surface area contributed by atoms with Gasteiger partial charge in [0.25, 0.3) is 0 Å². The first-order valence-electron chi connectivity index (χ1n) is 7.93. The molecular weight excluding hydrogens is 264 g/mol. The molecule has 5 nitrogen and oxygen atoms in total. The summed E-state index contributed by atoms with van der Waals surface area (Å²) < 4.78 is 6.04. The summed E-state index contributed by atoms with van der Waals surface area (Å²) in [5.74, 6) is 0.594. The third-order valence-electron chi connectivity index (χ3n) is 4.05. The number of anilines is 1. The molecule has 118 valence electrons. The minimum Gasteiger partial charge on any atom is -0.383 e. The van der Waals surface area contributed by atoms with Crippen LogP contribution in [0.4, 0.5) is 5.82 Å². The normalized spacial score (nSPS) is 21.6. The molecule has 0 aliphatic carbocycles. The Morgan fingerprint density at radius 3 is 3.00 bits per heavy atom. The van der Waals surface area contributed by atoms with E-state index in [1.807, 2.05) is 12.1 Å². The Bertz CT molecular complexity index is 438. The van der Waals surface area contributed by atoms with E-state index >= 15 is 0 Å². The highest BCUT2D eigenvalue weighted by molar-refractivity contribution is 5.41. The van der Waals surface area contributed by atoms with Crippen LogP contribution in [-0.4, -0.2) is 48.3 Å².